The van der Waals surface area contributed by atoms with E-state index in [4.69, 9.17) is 9.36 Å². The molecular formula is C22H18Br2N2O4. The number of hydroxylamine groups is 2. The van der Waals surface area contributed by atoms with Gasteiger partial charge in [-0.25, -0.2) is 5.06 Å². The summed E-state index contributed by atoms with van der Waals surface area (Å²) in [6.45, 7) is 3.50. The zero-order chi connectivity index (χ0) is 21.4. The van der Waals surface area contributed by atoms with E-state index in [0.717, 1.165) is 26.4 Å². The van der Waals surface area contributed by atoms with Crippen LogP contribution in [0, 0.1) is 6.92 Å². The van der Waals surface area contributed by atoms with Gasteiger partial charge in [0.1, 0.15) is 6.10 Å². The lowest BCUT2D eigenvalue weighted by atomic mass is 10.0. The Labute approximate surface area is 190 Å². The third kappa shape index (κ3) is 3.76. The van der Waals surface area contributed by atoms with Crippen molar-refractivity contribution in [1.82, 2.24) is 10.2 Å². The number of rotatable bonds is 5. The molecule has 0 aliphatic carbocycles. The lowest BCUT2D eigenvalue weighted by molar-refractivity contribution is -0.222. The van der Waals surface area contributed by atoms with Crippen LogP contribution in [0.15, 0.2) is 73.3 Å². The van der Waals surface area contributed by atoms with Crippen molar-refractivity contribution in [3.63, 3.8) is 0 Å². The zero-order valence-corrected chi connectivity index (χ0v) is 19.3. The molecule has 0 amide bonds. The summed E-state index contributed by atoms with van der Waals surface area (Å²) in [4.78, 5) is 17.9. The summed E-state index contributed by atoms with van der Waals surface area (Å²) < 4.78 is 7.37. The molecule has 6 nitrogen and oxygen atoms in total. The van der Waals surface area contributed by atoms with Crippen LogP contribution in [-0.2, 0) is 9.63 Å². The van der Waals surface area contributed by atoms with E-state index in [-0.39, 0.29) is 0 Å². The van der Waals surface area contributed by atoms with E-state index in [0.29, 0.717) is 28.3 Å². The molecule has 1 N–H and O–H groups in total. The molecule has 2 unspecified atom stereocenters. The summed E-state index contributed by atoms with van der Waals surface area (Å²) in [5, 5.41) is 16.6. The number of aldehydes is 1. The number of allylic oxidation sites excluding steroid dienone is 1. The van der Waals surface area contributed by atoms with Gasteiger partial charge in [-0.2, -0.15) is 0 Å². The number of benzene rings is 2. The summed E-state index contributed by atoms with van der Waals surface area (Å²) in [5.74, 6) is 0.448. The Kier molecular flexibility index (Phi) is 5.92. The largest absolute Gasteiger partial charge is 0.367 e. The van der Waals surface area contributed by atoms with E-state index in [1.54, 1.807) is 13.8 Å². The second-order valence-corrected chi connectivity index (χ2v) is 8.74. The molecule has 2 atom stereocenters. The molecule has 4 rings (SSSR count). The fourth-order valence-corrected chi connectivity index (χ4v) is 3.97. The van der Waals surface area contributed by atoms with Crippen molar-refractivity contribution in [3.8, 4) is 11.3 Å². The molecule has 0 bridgehead atoms. The molecule has 0 saturated heterocycles. The van der Waals surface area contributed by atoms with Crippen LogP contribution in [0.4, 0.5) is 0 Å². The topological polar surface area (TPSA) is 75.8 Å². The summed E-state index contributed by atoms with van der Waals surface area (Å²) in [5.41, 5.74) is 3.59. The molecule has 0 saturated carbocycles. The molecule has 1 aliphatic heterocycles. The smallest absolute Gasteiger partial charge is 0.182 e. The van der Waals surface area contributed by atoms with Gasteiger partial charge >= 0.3 is 0 Å². The minimum atomic E-state index is -1.20. The van der Waals surface area contributed by atoms with Crippen molar-refractivity contribution in [1.29, 1.82) is 0 Å². The van der Waals surface area contributed by atoms with Gasteiger partial charge in [-0.3, -0.25) is 9.63 Å². The van der Waals surface area contributed by atoms with Gasteiger partial charge in [-0.05, 0) is 43.7 Å². The monoisotopic (exact) mass is 532 g/mol. The first kappa shape index (κ1) is 21.0. The second-order valence-electron chi connectivity index (χ2n) is 6.91. The molecule has 3 aromatic rings. The van der Waals surface area contributed by atoms with Gasteiger partial charge in [0.15, 0.2) is 18.3 Å². The van der Waals surface area contributed by atoms with Crippen LogP contribution in [0.1, 0.15) is 36.1 Å². The number of hydrogen-bond donors (Lipinski definition) is 1. The number of halogens is 2. The highest BCUT2D eigenvalue weighted by atomic mass is 79.9. The predicted molar refractivity (Wildman–Crippen MR) is 118 cm³/mol. The molecule has 0 spiro atoms. The Hall–Kier alpha value is -2.26. The zero-order valence-electron chi connectivity index (χ0n) is 16.2. The molecule has 1 aromatic heterocycles. The van der Waals surface area contributed by atoms with Gasteiger partial charge in [0.25, 0.3) is 0 Å². The van der Waals surface area contributed by atoms with E-state index in [2.05, 4.69) is 37.0 Å². The number of nitrogens with zero attached hydrogens (tertiary/aromatic N) is 2. The maximum Gasteiger partial charge on any atom is 0.182 e. The third-order valence-electron chi connectivity index (χ3n) is 5.04. The second kappa shape index (κ2) is 8.47. The van der Waals surface area contributed by atoms with Crippen molar-refractivity contribution < 1.29 is 19.3 Å². The SMILES string of the molecule is CC1=C(C=O)C(c2ccc(Br)cc2)ON1C(O)c1c(C)noc1-c1ccc(Br)cc1. The molecule has 0 radical (unpaired) electrons. The van der Waals surface area contributed by atoms with Crippen molar-refractivity contribution in [2.45, 2.75) is 26.2 Å². The van der Waals surface area contributed by atoms with E-state index in [9.17, 15) is 9.90 Å². The van der Waals surface area contributed by atoms with E-state index >= 15 is 0 Å². The first-order valence-electron chi connectivity index (χ1n) is 9.18. The Balaban J connectivity index is 1.70. The Morgan fingerprint density at radius 3 is 2.27 bits per heavy atom. The number of carbonyl (C=O) groups excluding carboxylic acids is 1. The first-order chi connectivity index (χ1) is 14.4. The van der Waals surface area contributed by atoms with Gasteiger partial charge < -0.3 is 9.63 Å². The molecule has 154 valence electrons. The lowest BCUT2D eigenvalue weighted by Gasteiger charge is -2.26. The van der Waals surface area contributed by atoms with Gasteiger partial charge in [-0.15, -0.1) is 0 Å². The fourth-order valence-electron chi connectivity index (χ4n) is 3.44. The quantitative estimate of drug-likeness (QED) is 0.428. The number of aliphatic hydroxyl groups excluding tert-OH is 1. The third-order valence-corrected chi connectivity index (χ3v) is 6.10. The van der Waals surface area contributed by atoms with Crippen LogP contribution in [0.3, 0.4) is 0 Å². The summed E-state index contributed by atoms with van der Waals surface area (Å²) in [6.07, 6.45) is -1.04. The fraction of sp³-hybridized carbons (Fsp3) is 0.182. The number of aliphatic hydroxyl groups is 1. The van der Waals surface area contributed by atoms with E-state index < -0.39 is 12.3 Å². The molecule has 1 aliphatic rings. The van der Waals surface area contributed by atoms with Gasteiger partial charge in [0.05, 0.1) is 17.0 Å². The Bertz CT molecular complexity index is 1110. The highest BCUT2D eigenvalue weighted by Crippen LogP contribution is 2.42. The molecular weight excluding hydrogens is 516 g/mol. The molecule has 30 heavy (non-hydrogen) atoms. The average Bonchev–Trinajstić information content (AvgIpc) is 3.28. The lowest BCUT2D eigenvalue weighted by Crippen LogP contribution is -2.25. The van der Waals surface area contributed by atoms with Gasteiger partial charge in [0.2, 0.25) is 0 Å². The van der Waals surface area contributed by atoms with Crippen molar-refractivity contribution in [2.75, 3.05) is 0 Å². The van der Waals surface area contributed by atoms with Crippen LogP contribution in [0.5, 0.6) is 0 Å². The number of aromatic nitrogens is 1. The normalized spacial score (nSPS) is 17.5. The van der Waals surface area contributed by atoms with Crippen LogP contribution >= 0.6 is 31.9 Å². The van der Waals surface area contributed by atoms with Crippen LogP contribution in [0.2, 0.25) is 0 Å². The standard InChI is InChI=1S/C22H18Br2N2O4/c1-12-19(21(29-25-12)15-5-9-17(24)10-6-15)22(28)26-13(2)18(11-27)20(30-26)14-3-7-16(23)8-4-14/h3-11,20,22,28H,1-2H3. The summed E-state index contributed by atoms with van der Waals surface area (Å²) >= 11 is 6.82. The molecule has 8 heteroatoms. The number of aryl methyl sites for hydroxylation is 1. The number of hydrogen-bond acceptors (Lipinski definition) is 6. The molecule has 0 fully saturated rings. The van der Waals surface area contributed by atoms with Crippen molar-refractivity contribution >= 4 is 38.1 Å². The maximum atomic E-state index is 11.8. The number of carbonyl (C=O) groups is 1. The van der Waals surface area contributed by atoms with Gasteiger partial charge in [0, 0.05) is 20.1 Å². The minimum absolute atomic E-state index is 0.448. The van der Waals surface area contributed by atoms with Crippen LogP contribution < -0.4 is 0 Å². The summed E-state index contributed by atoms with van der Waals surface area (Å²) in [6, 6.07) is 15.0. The molecule has 2 aromatic carbocycles. The Morgan fingerprint density at radius 1 is 1.07 bits per heavy atom. The first-order valence-corrected chi connectivity index (χ1v) is 10.8. The van der Waals surface area contributed by atoms with Gasteiger partial charge in [-0.1, -0.05) is 61.3 Å². The Morgan fingerprint density at radius 2 is 1.67 bits per heavy atom. The highest BCUT2D eigenvalue weighted by molar-refractivity contribution is 9.10. The van der Waals surface area contributed by atoms with Crippen LogP contribution in [0.25, 0.3) is 11.3 Å². The van der Waals surface area contributed by atoms with Crippen molar-refractivity contribution in [2.24, 2.45) is 0 Å². The minimum Gasteiger partial charge on any atom is -0.367 e. The van der Waals surface area contributed by atoms with E-state index in [1.165, 1.54) is 5.06 Å². The summed E-state index contributed by atoms with van der Waals surface area (Å²) in [7, 11) is 0. The van der Waals surface area contributed by atoms with Crippen LogP contribution in [-0.4, -0.2) is 21.6 Å². The highest BCUT2D eigenvalue weighted by Gasteiger charge is 2.38. The maximum absolute atomic E-state index is 11.8. The average molecular weight is 534 g/mol. The van der Waals surface area contributed by atoms with E-state index in [1.807, 2.05) is 48.5 Å². The molecule has 2 heterocycles. The predicted octanol–water partition coefficient (Wildman–Crippen LogP) is 5.63. The van der Waals surface area contributed by atoms with Crippen molar-refractivity contribution in [3.05, 3.63) is 85.6 Å².